The number of carboxylic acids is 1. The Morgan fingerprint density at radius 1 is 1.16 bits per heavy atom. The number of fused-ring (bicyclic) bond motifs is 3. The number of nitrogens with one attached hydrogen (secondary N) is 1. The molecule has 0 spiro atoms. The van der Waals surface area contributed by atoms with Gasteiger partial charge in [0.1, 0.15) is 5.76 Å². The quantitative estimate of drug-likeness (QED) is 0.184. The predicted octanol–water partition coefficient (Wildman–Crippen LogP) is 6.21. The first-order chi connectivity index (χ1) is 18.6. The number of unbranched alkanes of at least 4 members (excludes halogenated alkanes) is 1. The van der Waals surface area contributed by atoms with Crippen LogP contribution in [0.4, 0.5) is 0 Å². The number of hydrogen-bond acceptors (Lipinski definition) is 5. The average Bonchev–Trinajstić information content (AvgIpc) is 3.57. The third kappa shape index (κ3) is 5.59. The van der Waals surface area contributed by atoms with Gasteiger partial charge in [-0.2, -0.15) is 5.21 Å². The van der Waals surface area contributed by atoms with Gasteiger partial charge in [0.25, 0.3) is 0 Å². The van der Waals surface area contributed by atoms with Gasteiger partial charge in [-0.25, -0.2) is 0 Å². The number of aliphatic carboxylic acids is 1. The van der Waals surface area contributed by atoms with E-state index in [1.807, 2.05) is 18.2 Å². The summed E-state index contributed by atoms with van der Waals surface area (Å²) in [6, 6.07) is 14.8. The molecule has 2 aromatic carbocycles. The molecule has 1 atom stereocenters. The van der Waals surface area contributed by atoms with Crippen LogP contribution in [0, 0.1) is 5.92 Å². The van der Waals surface area contributed by atoms with E-state index in [9.17, 15) is 4.79 Å². The lowest BCUT2D eigenvalue weighted by Crippen LogP contribution is -2.16. The highest BCUT2D eigenvalue weighted by molar-refractivity contribution is 6.09. The van der Waals surface area contributed by atoms with Crippen molar-refractivity contribution in [3.8, 4) is 11.4 Å². The van der Waals surface area contributed by atoms with Crippen LogP contribution >= 0.6 is 0 Å². The van der Waals surface area contributed by atoms with E-state index in [4.69, 9.17) is 9.84 Å². The third-order valence-electron chi connectivity index (χ3n) is 6.87. The second kappa shape index (κ2) is 11.7. The van der Waals surface area contributed by atoms with Crippen molar-refractivity contribution in [2.24, 2.45) is 5.92 Å². The Bertz CT molecular complexity index is 1530. The van der Waals surface area contributed by atoms with Gasteiger partial charge in [-0.15, -0.1) is 10.2 Å². The van der Waals surface area contributed by atoms with Crippen molar-refractivity contribution in [3.63, 3.8) is 0 Å². The minimum atomic E-state index is -0.768. The van der Waals surface area contributed by atoms with E-state index in [0.29, 0.717) is 24.8 Å². The van der Waals surface area contributed by atoms with Crippen molar-refractivity contribution in [2.45, 2.75) is 38.6 Å². The van der Waals surface area contributed by atoms with Gasteiger partial charge in [0.2, 0.25) is 5.82 Å². The standard InChI is InChI=1S/C30H31N5O3/c1-2-3-4-9-22-18-21(13-16-28(22)38-17-8-7-12-29(36)37)20-35-26-11-6-5-10-24(26)25-19-23(14-15-27(25)35)30-31-33-34-32-30/h2-6,9-11,14-16,19,21H,1,7-8,12-13,17-18,20H2,(H,36,37)(H,31,32,33,34)/b4-3-,22-9+. The zero-order valence-corrected chi connectivity index (χ0v) is 21.2. The number of tetrazole rings is 1. The molecule has 2 N–H and O–H groups in total. The fourth-order valence-corrected chi connectivity index (χ4v) is 5.08. The molecular formula is C30H31N5O3. The molecule has 5 rings (SSSR count). The smallest absolute Gasteiger partial charge is 0.303 e. The topological polar surface area (TPSA) is 106 Å². The van der Waals surface area contributed by atoms with Crippen LogP contribution in [0.1, 0.15) is 32.1 Å². The van der Waals surface area contributed by atoms with Crippen molar-refractivity contribution < 1.29 is 14.6 Å². The Labute approximate surface area is 221 Å². The molecule has 0 aliphatic heterocycles. The Morgan fingerprint density at radius 2 is 2.03 bits per heavy atom. The summed E-state index contributed by atoms with van der Waals surface area (Å²) in [6.07, 6.45) is 13.2. The van der Waals surface area contributed by atoms with Gasteiger partial charge >= 0.3 is 5.97 Å². The number of allylic oxidation sites excluding steroid dienone is 6. The summed E-state index contributed by atoms with van der Waals surface area (Å²) in [5, 5.41) is 25.8. The maximum atomic E-state index is 10.8. The molecule has 8 nitrogen and oxygen atoms in total. The van der Waals surface area contributed by atoms with Crippen LogP contribution in [0.3, 0.4) is 0 Å². The molecule has 0 saturated heterocycles. The van der Waals surface area contributed by atoms with Gasteiger partial charge in [-0.3, -0.25) is 4.79 Å². The molecule has 2 heterocycles. The lowest BCUT2D eigenvalue weighted by molar-refractivity contribution is -0.137. The summed E-state index contributed by atoms with van der Waals surface area (Å²) in [7, 11) is 0. The molecule has 1 aliphatic carbocycles. The number of para-hydroxylation sites is 1. The number of rotatable bonds is 11. The fourth-order valence-electron chi connectivity index (χ4n) is 5.08. The van der Waals surface area contributed by atoms with E-state index in [2.05, 4.69) is 80.3 Å². The summed E-state index contributed by atoms with van der Waals surface area (Å²) in [5.74, 6) is 1.11. The van der Waals surface area contributed by atoms with E-state index in [1.54, 1.807) is 6.08 Å². The van der Waals surface area contributed by atoms with Gasteiger partial charge in [-0.05, 0) is 72.7 Å². The second-order valence-electron chi connectivity index (χ2n) is 9.48. The molecule has 38 heavy (non-hydrogen) atoms. The number of carboxylic acid groups (broad SMARTS) is 1. The largest absolute Gasteiger partial charge is 0.494 e. The number of aromatic amines is 1. The fraction of sp³-hybridized carbons (Fsp3) is 0.267. The van der Waals surface area contributed by atoms with Crippen LogP contribution in [-0.4, -0.2) is 42.9 Å². The van der Waals surface area contributed by atoms with Crippen LogP contribution in [-0.2, 0) is 16.1 Å². The number of nitrogens with zero attached hydrogens (tertiary/aromatic N) is 4. The van der Waals surface area contributed by atoms with Crippen molar-refractivity contribution >= 4 is 27.8 Å². The molecule has 2 aromatic heterocycles. The Balaban J connectivity index is 1.40. The molecule has 194 valence electrons. The lowest BCUT2D eigenvalue weighted by atomic mass is 9.88. The number of H-pyrrole nitrogens is 1. The number of ether oxygens (including phenoxy) is 1. The molecule has 0 amide bonds. The van der Waals surface area contributed by atoms with Gasteiger partial charge in [-0.1, -0.05) is 49.1 Å². The van der Waals surface area contributed by atoms with E-state index in [0.717, 1.165) is 42.7 Å². The summed E-state index contributed by atoms with van der Waals surface area (Å²) in [4.78, 5) is 10.8. The Hall–Kier alpha value is -4.46. The number of carbonyl (C=O) groups is 1. The zero-order valence-electron chi connectivity index (χ0n) is 21.2. The highest BCUT2D eigenvalue weighted by Gasteiger charge is 2.22. The van der Waals surface area contributed by atoms with E-state index < -0.39 is 5.97 Å². The normalized spacial score (nSPS) is 16.9. The maximum absolute atomic E-state index is 10.8. The molecule has 4 aromatic rings. The molecule has 1 unspecified atom stereocenters. The van der Waals surface area contributed by atoms with Crippen molar-refractivity contribution in [1.29, 1.82) is 0 Å². The summed E-state index contributed by atoms with van der Waals surface area (Å²) in [5.41, 5.74) is 4.46. The highest BCUT2D eigenvalue weighted by atomic mass is 16.5. The number of aromatic nitrogens is 5. The highest BCUT2D eigenvalue weighted by Crippen LogP contribution is 2.36. The third-order valence-corrected chi connectivity index (χ3v) is 6.87. The monoisotopic (exact) mass is 509 g/mol. The van der Waals surface area contributed by atoms with Gasteiger partial charge in [0, 0.05) is 40.3 Å². The van der Waals surface area contributed by atoms with Crippen LogP contribution in [0.2, 0.25) is 0 Å². The first-order valence-corrected chi connectivity index (χ1v) is 12.9. The lowest BCUT2D eigenvalue weighted by Gasteiger charge is -2.26. The molecule has 0 radical (unpaired) electrons. The van der Waals surface area contributed by atoms with E-state index >= 15 is 0 Å². The molecular weight excluding hydrogens is 478 g/mol. The van der Waals surface area contributed by atoms with Gasteiger partial charge < -0.3 is 14.4 Å². The SMILES string of the molecule is C=C/C=C\C=C1/CC(Cn2c3ccccc3c3cc(-c4nn[nH]n4)ccc32)CC=C1OCCCCC(=O)O. The van der Waals surface area contributed by atoms with Crippen LogP contribution in [0.5, 0.6) is 0 Å². The van der Waals surface area contributed by atoms with Crippen molar-refractivity contribution in [3.05, 3.63) is 90.8 Å². The van der Waals surface area contributed by atoms with E-state index in [-0.39, 0.29) is 6.42 Å². The molecule has 1 aliphatic rings. The summed E-state index contributed by atoms with van der Waals surface area (Å²) >= 11 is 0. The molecule has 0 saturated carbocycles. The minimum absolute atomic E-state index is 0.171. The predicted molar refractivity (Wildman–Crippen MR) is 148 cm³/mol. The number of benzene rings is 2. The number of hydrogen-bond donors (Lipinski definition) is 2. The van der Waals surface area contributed by atoms with Crippen molar-refractivity contribution in [2.75, 3.05) is 6.61 Å². The first kappa shape index (κ1) is 25.2. The molecule has 0 bridgehead atoms. The molecule has 8 heteroatoms. The second-order valence-corrected chi connectivity index (χ2v) is 9.48. The maximum Gasteiger partial charge on any atom is 0.303 e. The molecule has 0 fully saturated rings. The van der Waals surface area contributed by atoms with Gasteiger partial charge in [0.05, 0.1) is 6.61 Å². The average molecular weight is 510 g/mol. The van der Waals surface area contributed by atoms with Crippen LogP contribution < -0.4 is 0 Å². The summed E-state index contributed by atoms with van der Waals surface area (Å²) in [6.45, 7) is 5.15. The van der Waals surface area contributed by atoms with Crippen molar-refractivity contribution in [1.82, 2.24) is 25.2 Å². The minimum Gasteiger partial charge on any atom is -0.494 e. The first-order valence-electron chi connectivity index (χ1n) is 12.9. The van der Waals surface area contributed by atoms with Crippen LogP contribution in [0.25, 0.3) is 33.2 Å². The zero-order chi connectivity index (χ0) is 26.3. The Kier molecular flexibility index (Phi) is 7.78. The van der Waals surface area contributed by atoms with E-state index in [1.165, 1.54) is 21.8 Å². The van der Waals surface area contributed by atoms with Gasteiger partial charge in [0.15, 0.2) is 0 Å². The Morgan fingerprint density at radius 3 is 2.84 bits per heavy atom. The van der Waals surface area contributed by atoms with Crippen LogP contribution in [0.15, 0.2) is 90.8 Å². The summed E-state index contributed by atoms with van der Waals surface area (Å²) < 4.78 is 8.51.